The van der Waals surface area contributed by atoms with Gasteiger partial charge in [0.05, 0.1) is 24.5 Å². The lowest BCUT2D eigenvalue weighted by Gasteiger charge is -2.22. The van der Waals surface area contributed by atoms with Crippen LogP contribution in [0.3, 0.4) is 0 Å². The predicted octanol–water partition coefficient (Wildman–Crippen LogP) is 4.80. The predicted molar refractivity (Wildman–Crippen MR) is 107 cm³/mol. The normalized spacial score (nSPS) is 16.1. The fourth-order valence-corrected chi connectivity index (χ4v) is 3.67. The Morgan fingerprint density at radius 3 is 2.24 bits per heavy atom. The highest BCUT2D eigenvalue weighted by Gasteiger charge is 2.35. The maximum Gasteiger partial charge on any atom is 0.206 e. The van der Waals surface area contributed by atoms with E-state index >= 15 is 0 Å². The highest BCUT2D eigenvalue weighted by molar-refractivity contribution is 6.17. The first-order chi connectivity index (χ1) is 11.8. The molecular weight excluding hydrogens is 306 g/mol. The van der Waals surface area contributed by atoms with Crippen LogP contribution in [-0.4, -0.2) is 19.0 Å². The maximum atomic E-state index is 4.77. The molecule has 3 heteroatoms. The van der Waals surface area contributed by atoms with Crippen LogP contribution in [0.25, 0.3) is 0 Å². The number of hydrogen-bond donors (Lipinski definition) is 0. The molecular formula is C22H27N3. The molecule has 2 aromatic rings. The van der Waals surface area contributed by atoms with E-state index in [-0.39, 0.29) is 5.41 Å². The van der Waals surface area contributed by atoms with Crippen molar-refractivity contribution in [2.45, 2.75) is 46.6 Å². The molecule has 0 aromatic heterocycles. The van der Waals surface area contributed by atoms with Crippen LogP contribution in [0.4, 0.5) is 11.4 Å². The molecule has 0 amide bonds. The van der Waals surface area contributed by atoms with Gasteiger partial charge in [0.1, 0.15) is 0 Å². The minimum Gasteiger partial charge on any atom is -0.308 e. The Morgan fingerprint density at radius 1 is 0.960 bits per heavy atom. The lowest BCUT2D eigenvalue weighted by Crippen LogP contribution is -2.34. The standard InChI is InChI=1S/C22H27N3/c1-15-12-19-20(13-16(15)2)25(21-23-10-11-24(19)21)14-17-6-8-18(9-7-17)22(3,4)5/h6-9,12-13H,10-11,14H2,1-5H3. The Morgan fingerprint density at radius 2 is 1.60 bits per heavy atom. The summed E-state index contributed by atoms with van der Waals surface area (Å²) in [4.78, 5) is 9.52. The number of anilines is 2. The first-order valence-electron chi connectivity index (χ1n) is 9.15. The fraction of sp³-hybridized carbons (Fsp3) is 0.409. The van der Waals surface area contributed by atoms with Gasteiger partial charge in [-0.3, -0.25) is 4.99 Å². The fourth-order valence-electron chi connectivity index (χ4n) is 3.67. The van der Waals surface area contributed by atoms with E-state index in [1.807, 2.05) is 0 Å². The maximum absolute atomic E-state index is 4.77. The number of benzene rings is 2. The van der Waals surface area contributed by atoms with Crippen molar-refractivity contribution in [3.8, 4) is 0 Å². The largest absolute Gasteiger partial charge is 0.308 e. The van der Waals surface area contributed by atoms with Crippen molar-refractivity contribution < 1.29 is 0 Å². The van der Waals surface area contributed by atoms with Gasteiger partial charge in [-0.2, -0.15) is 0 Å². The third-order valence-corrected chi connectivity index (χ3v) is 5.39. The molecule has 4 rings (SSSR count). The van der Waals surface area contributed by atoms with Crippen molar-refractivity contribution in [1.82, 2.24) is 0 Å². The second-order valence-corrected chi connectivity index (χ2v) is 8.29. The van der Waals surface area contributed by atoms with Gasteiger partial charge < -0.3 is 9.80 Å². The quantitative estimate of drug-likeness (QED) is 0.786. The summed E-state index contributed by atoms with van der Waals surface area (Å²) in [6.45, 7) is 13.9. The molecule has 130 valence electrons. The number of aliphatic imine (C=N–C) groups is 1. The zero-order valence-corrected chi connectivity index (χ0v) is 15.9. The molecule has 2 heterocycles. The molecule has 25 heavy (non-hydrogen) atoms. The van der Waals surface area contributed by atoms with Crippen molar-refractivity contribution in [3.63, 3.8) is 0 Å². The lowest BCUT2D eigenvalue weighted by atomic mass is 9.87. The van der Waals surface area contributed by atoms with Crippen LogP contribution < -0.4 is 9.80 Å². The van der Waals surface area contributed by atoms with Crippen molar-refractivity contribution in [3.05, 3.63) is 58.7 Å². The van der Waals surface area contributed by atoms with Gasteiger partial charge in [-0.1, -0.05) is 45.0 Å². The molecule has 0 N–H and O–H groups in total. The number of fused-ring (bicyclic) bond motifs is 3. The van der Waals surface area contributed by atoms with Crippen molar-refractivity contribution in [1.29, 1.82) is 0 Å². The Kier molecular flexibility index (Phi) is 3.64. The van der Waals surface area contributed by atoms with Crippen LogP contribution in [0.15, 0.2) is 41.4 Å². The smallest absolute Gasteiger partial charge is 0.206 e. The molecule has 0 saturated heterocycles. The third kappa shape index (κ3) is 2.72. The Bertz CT molecular complexity index is 841. The van der Waals surface area contributed by atoms with Crippen LogP contribution in [0.5, 0.6) is 0 Å². The van der Waals surface area contributed by atoms with Crippen LogP contribution >= 0.6 is 0 Å². The van der Waals surface area contributed by atoms with E-state index in [0.717, 1.165) is 25.6 Å². The second-order valence-electron chi connectivity index (χ2n) is 8.29. The third-order valence-electron chi connectivity index (χ3n) is 5.39. The minimum atomic E-state index is 0.194. The molecule has 2 aliphatic heterocycles. The molecule has 0 saturated carbocycles. The highest BCUT2D eigenvalue weighted by atomic mass is 15.5. The molecule has 2 aromatic carbocycles. The summed E-state index contributed by atoms with van der Waals surface area (Å²) in [6.07, 6.45) is 0. The first kappa shape index (κ1) is 16.2. The van der Waals surface area contributed by atoms with Crippen LogP contribution in [-0.2, 0) is 12.0 Å². The summed E-state index contributed by atoms with van der Waals surface area (Å²) in [6, 6.07) is 13.7. The zero-order chi connectivity index (χ0) is 17.8. The number of guanidine groups is 1. The molecule has 0 atom stereocenters. The molecule has 0 fully saturated rings. The summed E-state index contributed by atoms with van der Waals surface area (Å²) < 4.78 is 0. The zero-order valence-electron chi connectivity index (χ0n) is 15.9. The molecule has 0 radical (unpaired) electrons. The summed E-state index contributed by atoms with van der Waals surface area (Å²) in [5.41, 5.74) is 8.19. The summed E-state index contributed by atoms with van der Waals surface area (Å²) in [5, 5.41) is 0. The lowest BCUT2D eigenvalue weighted by molar-refractivity contribution is 0.590. The van der Waals surface area contributed by atoms with Crippen LogP contribution in [0, 0.1) is 13.8 Å². The van der Waals surface area contributed by atoms with Gasteiger partial charge in [-0.05, 0) is 53.6 Å². The van der Waals surface area contributed by atoms with E-state index in [2.05, 4.69) is 80.8 Å². The van der Waals surface area contributed by atoms with E-state index in [1.165, 1.54) is 33.6 Å². The number of nitrogens with zero attached hydrogens (tertiary/aromatic N) is 3. The molecule has 0 aliphatic carbocycles. The number of aryl methyl sites for hydroxylation is 2. The van der Waals surface area contributed by atoms with Gasteiger partial charge in [-0.15, -0.1) is 0 Å². The van der Waals surface area contributed by atoms with Crippen LogP contribution in [0.2, 0.25) is 0 Å². The molecule has 0 bridgehead atoms. The van der Waals surface area contributed by atoms with Gasteiger partial charge in [0.25, 0.3) is 0 Å². The van der Waals surface area contributed by atoms with Gasteiger partial charge in [0, 0.05) is 6.54 Å². The molecule has 2 aliphatic rings. The minimum absolute atomic E-state index is 0.194. The number of hydrogen-bond acceptors (Lipinski definition) is 3. The first-order valence-corrected chi connectivity index (χ1v) is 9.15. The monoisotopic (exact) mass is 333 g/mol. The average Bonchev–Trinajstić information content (AvgIpc) is 3.12. The molecule has 0 spiro atoms. The van der Waals surface area contributed by atoms with E-state index in [1.54, 1.807) is 0 Å². The van der Waals surface area contributed by atoms with E-state index in [0.29, 0.717) is 0 Å². The van der Waals surface area contributed by atoms with E-state index < -0.39 is 0 Å². The highest BCUT2D eigenvalue weighted by Crippen LogP contribution is 2.41. The van der Waals surface area contributed by atoms with Gasteiger partial charge in [-0.25, -0.2) is 0 Å². The van der Waals surface area contributed by atoms with Gasteiger partial charge in [0.15, 0.2) is 0 Å². The number of rotatable bonds is 2. The summed E-state index contributed by atoms with van der Waals surface area (Å²) in [5.74, 6) is 1.11. The SMILES string of the molecule is Cc1cc2c(cc1C)N(Cc1ccc(C(C)(C)C)cc1)C1=NCCN12. The van der Waals surface area contributed by atoms with Crippen molar-refractivity contribution in [2.75, 3.05) is 22.9 Å². The average molecular weight is 333 g/mol. The molecule has 3 nitrogen and oxygen atoms in total. The van der Waals surface area contributed by atoms with E-state index in [4.69, 9.17) is 4.99 Å². The van der Waals surface area contributed by atoms with Gasteiger partial charge in [0.2, 0.25) is 5.96 Å². The second kappa shape index (κ2) is 5.62. The van der Waals surface area contributed by atoms with E-state index in [9.17, 15) is 0 Å². The van der Waals surface area contributed by atoms with Crippen molar-refractivity contribution >= 4 is 17.3 Å². The van der Waals surface area contributed by atoms with Crippen LogP contribution in [0.1, 0.15) is 43.0 Å². The van der Waals surface area contributed by atoms with Gasteiger partial charge >= 0.3 is 0 Å². The molecule has 0 unspecified atom stereocenters. The van der Waals surface area contributed by atoms with Crippen molar-refractivity contribution in [2.24, 2.45) is 4.99 Å². The topological polar surface area (TPSA) is 18.8 Å². The summed E-state index contributed by atoms with van der Waals surface area (Å²) >= 11 is 0. The Labute approximate surface area is 151 Å². The summed E-state index contributed by atoms with van der Waals surface area (Å²) in [7, 11) is 0. The Hall–Kier alpha value is -2.29. The Balaban J connectivity index is 1.68.